The third-order valence-electron chi connectivity index (χ3n) is 4.78. The molecule has 0 saturated carbocycles. The molecule has 0 aliphatic heterocycles. The molecule has 7 nitrogen and oxygen atoms in total. The Kier molecular flexibility index (Phi) is 8.81. The molecule has 2 rings (SSSR count). The maximum absolute atomic E-state index is 13.8. The fourth-order valence-corrected chi connectivity index (χ4v) is 4.43. The van der Waals surface area contributed by atoms with E-state index in [9.17, 15) is 26.8 Å². The molecule has 0 saturated heterocycles. The van der Waals surface area contributed by atoms with Crippen molar-refractivity contribution in [1.29, 1.82) is 0 Å². The van der Waals surface area contributed by atoms with Gasteiger partial charge in [-0.1, -0.05) is 28.1 Å². The lowest BCUT2D eigenvalue weighted by molar-refractivity contribution is -0.140. The first-order valence-electron chi connectivity index (χ1n) is 10.4. The summed E-state index contributed by atoms with van der Waals surface area (Å²) < 4.78 is 53.5. The van der Waals surface area contributed by atoms with Crippen LogP contribution in [0.15, 0.2) is 46.9 Å². The van der Waals surface area contributed by atoms with Gasteiger partial charge in [-0.3, -0.25) is 13.9 Å². The van der Waals surface area contributed by atoms with Gasteiger partial charge < -0.3 is 10.2 Å². The summed E-state index contributed by atoms with van der Waals surface area (Å²) in [5, 5.41) is 2.82. The molecular formula is C23H28BrF2N3O4S. The van der Waals surface area contributed by atoms with Gasteiger partial charge in [0.1, 0.15) is 12.6 Å². The van der Waals surface area contributed by atoms with Gasteiger partial charge in [0.2, 0.25) is 21.8 Å². The van der Waals surface area contributed by atoms with Crippen molar-refractivity contribution >= 4 is 43.5 Å². The number of sulfonamides is 1. The maximum atomic E-state index is 13.8. The number of hydrogen-bond acceptors (Lipinski definition) is 4. The van der Waals surface area contributed by atoms with Crippen molar-refractivity contribution < 1.29 is 26.8 Å². The molecular weight excluding hydrogens is 532 g/mol. The molecule has 2 aromatic rings. The Hall–Kier alpha value is -2.53. The zero-order valence-corrected chi connectivity index (χ0v) is 22.0. The summed E-state index contributed by atoms with van der Waals surface area (Å²) in [7, 11) is -4.04. The second kappa shape index (κ2) is 10.8. The summed E-state index contributed by atoms with van der Waals surface area (Å²) >= 11 is 3.37. The van der Waals surface area contributed by atoms with Crippen LogP contribution in [-0.2, 0) is 26.2 Å². The van der Waals surface area contributed by atoms with E-state index in [0.29, 0.717) is 15.9 Å². The fourth-order valence-electron chi connectivity index (χ4n) is 3.14. The summed E-state index contributed by atoms with van der Waals surface area (Å²) in [5.74, 6) is -3.50. The molecule has 0 spiro atoms. The molecule has 0 aliphatic rings. The fraction of sp³-hybridized carbons (Fsp3) is 0.391. The highest BCUT2D eigenvalue weighted by Gasteiger charge is 2.31. The second-order valence-corrected chi connectivity index (χ2v) is 11.8. The van der Waals surface area contributed by atoms with Crippen LogP contribution in [-0.4, -0.2) is 49.5 Å². The zero-order valence-electron chi connectivity index (χ0n) is 19.6. The van der Waals surface area contributed by atoms with E-state index in [4.69, 9.17) is 0 Å². The van der Waals surface area contributed by atoms with Crippen LogP contribution in [0.25, 0.3) is 0 Å². The molecule has 2 amide bonds. The van der Waals surface area contributed by atoms with Crippen LogP contribution in [0.2, 0.25) is 0 Å². The molecule has 2 aromatic carbocycles. The van der Waals surface area contributed by atoms with E-state index in [0.717, 1.165) is 22.9 Å². The van der Waals surface area contributed by atoms with Crippen molar-refractivity contribution in [2.24, 2.45) is 0 Å². The lowest BCUT2D eigenvalue weighted by Crippen LogP contribution is -2.54. The van der Waals surface area contributed by atoms with Gasteiger partial charge in [0.25, 0.3) is 0 Å². The van der Waals surface area contributed by atoms with Crippen molar-refractivity contribution in [3.63, 3.8) is 0 Å². The number of halogens is 3. The van der Waals surface area contributed by atoms with E-state index in [1.807, 2.05) is 0 Å². The molecule has 0 aromatic heterocycles. The number of anilines is 1. The first-order chi connectivity index (χ1) is 15.6. The molecule has 186 valence electrons. The largest absolute Gasteiger partial charge is 0.350 e. The van der Waals surface area contributed by atoms with Gasteiger partial charge >= 0.3 is 0 Å². The van der Waals surface area contributed by atoms with Crippen molar-refractivity contribution in [3.8, 4) is 0 Å². The highest BCUT2D eigenvalue weighted by Crippen LogP contribution is 2.22. The van der Waals surface area contributed by atoms with E-state index in [1.165, 1.54) is 4.90 Å². The molecule has 0 heterocycles. The summed E-state index contributed by atoms with van der Waals surface area (Å²) in [5.41, 5.74) is -0.0545. The van der Waals surface area contributed by atoms with E-state index < -0.39 is 51.6 Å². The lowest BCUT2D eigenvalue weighted by atomic mass is 10.1. The molecule has 0 bridgehead atoms. The summed E-state index contributed by atoms with van der Waals surface area (Å²) in [6, 6.07) is 8.73. The Morgan fingerprint density at radius 1 is 1.09 bits per heavy atom. The number of benzene rings is 2. The normalized spacial score (nSPS) is 12.7. The third kappa shape index (κ3) is 7.76. The molecule has 11 heteroatoms. The molecule has 0 fully saturated rings. The molecule has 1 atom stereocenters. The lowest BCUT2D eigenvalue weighted by Gasteiger charge is -2.33. The summed E-state index contributed by atoms with van der Waals surface area (Å²) in [4.78, 5) is 27.5. The Bertz CT molecular complexity index is 1170. The van der Waals surface area contributed by atoms with Crippen molar-refractivity contribution in [1.82, 2.24) is 10.2 Å². The second-order valence-electron chi connectivity index (χ2n) is 8.93. The molecule has 1 unspecified atom stereocenters. The number of carbonyl (C=O) groups is 2. The quantitative estimate of drug-likeness (QED) is 0.532. The van der Waals surface area contributed by atoms with Crippen molar-refractivity contribution in [2.45, 2.75) is 45.8 Å². The van der Waals surface area contributed by atoms with Gasteiger partial charge in [0.05, 0.1) is 11.9 Å². The highest BCUT2D eigenvalue weighted by atomic mass is 79.9. The Morgan fingerprint density at radius 2 is 1.74 bits per heavy atom. The van der Waals surface area contributed by atoms with Crippen LogP contribution in [0.5, 0.6) is 0 Å². The van der Waals surface area contributed by atoms with Crippen LogP contribution in [0.4, 0.5) is 14.5 Å². The SMILES string of the molecule is CC(C(=O)NC(C)(C)C)N(Cc1cccc(Br)c1)C(=O)CN(c1ccc(F)c(F)c1)S(C)(=O)=O. The minimum Gasteiger partial charge on any atom is -0.350 e. The Morgan fingerprint density at radius 3 is 2.26 bits per heavy atom. The smallest absolute Gasteiger partial charge is 0.244 e. The highest BCUT2D eigenvalue weighted by molar-refractivity contribution is 9.10. The molecule has 34 heavy (non-hydrogen) atoms. The third-order valence-corrected chi connectivity index (χ3v) is 6.41. The summed E-state index contributed by atoms with van der Waals surface area (Å²) in [6.07, 6.45) is 0.857. The van der Waals surface area contributed by atoms with Crippen LogP contribution in [0.3, 0.4) is 0 Å². The van der Waals surface area contributed by atoms with Crippen LogP contribution in [0.1, 0.15) is 33.3 Å². The van der Waals surface area contributed by atoms with Gasteiger partial charge in [-0.15, -0.1) is 0 Å². The van der Waals surface area contributed by atoms with Crippen LogP contribution in [0, 0.1) is 11.6 Å². The topological polar surface area (TPSA) is 86.8 Å². The number of amides is 2. The van der Waals surface area contributed by atoms with Crippen LogP contribution >= 0.6 is 15.9 Å². The standard InChI is InChI=1S/C23H28BrF2N3O4S/c1-15(22(31)27-23(2,3)4)28(13-16-7-6-8-17(24)11-16)21(30)14-29(34(5,32)33)18-9-10-19(25)20(26)12-18/h6-12,15H,13-14H2,1-5H3,(H,27,31). The predicted octanol–water partition coefficient (Wildman–Crippen LogP) is 3.83. The van der Waals surface area contributed by atoms with Gasteiger partial charge in [-0.05, 0) is 57.5 Å². The Balaban J connectivity index is 2.43. The van der Waals surface area contributed by atoms with E-state index >= 15 is 0 Å². The number of hydrogen-bond donors (Lipinski definition) is 1. The maximum Gasteiger partial charge on any atom is 0.244 e. The van der Waals surface area contributed by atoms with Crippen molar-refractivity contribution in [2.75, 3.05) is 17.1 Å². The minimum absolute atomic E-state index is 0.0202. The number of carbonyl (C=O) groups excluding carboxylic acids is 2. The molecule has 0 aliphatic carbocycles. The number of rotatable bonds is 8. The van der Waals surface area contributed by atoms with E-state index in [1.54, 1.807) is 52.0 Å². The summed E-state index contributed by atoms with van der Waals surface area (Å²) in [6.45, 7) is 6.25. The van der Waals surface area contributed by atoms with Gasteiger partial charge in [-0.25, -0.2) is 17.2 Å². The average Bonchev–Trinajstić information content (AvgIpc) is 2.69. The molecule has 1 N–H and O–H groups in total. The first-order valence-corrected chi connectivity index (χ1v) is 13.0. The first kappa shape index (κ1) is 27.7. The van der Waals surface area contributed by atoms with Crippen LogP contribution < -0.4 is 9.62 Å². The molecule has 0 radical (unpaired) electrons. The zero-order chi connectivity index (χ0) is 25.8. The number of nitrogens with zero attached hydrogens (tertiary/aromatic N) is 2. The van der Waals surface area contributed by atoms with Gasteiger partial charge in [0, 0.05) is 22.6 Å². The van der Waals surface area contributed by atoms with Gasteiger partial charge in [0.15, 0.2) is 11.6 Å². The van der Waals surface area contributed by atoms with E-state index in [2.05, 4.69) is 21.2 Å². The monoisotopic (exact) mass is 559 g/mol. The average molecular weight is 560 g/mol. The van der Waals surface area contributed by atoms with E-state index in [-0.39, 0.29) is 12.2 Å². The minimum atomic E-state index is -4.04. The van der Waals surface area contributed by atoms with Gasteiger partial charge in [-0.2, -0.15) is 0 Å². The Labute approximate surface area is 207 Å². The number of nitrogens with one attached hydrogen (secondary N) is 1. The predicted molar refractivity (Wildman–Crippen MR) is 131 cm³/mol. The van der Waals surface area contributed by atoms with Crippen molar-refractivity contribution in [3.05, 3.63) is 64.1 Å².